The van der Waals surface area contributed by atoms with Gasteiger partial charge in [-0.2, -0.15) is 0 Å². The van der Waals surface area contributed by atoms with Crippen LogP contribution in [0.3, 0.4) is 0 Å². The fraction of sp³-hybridized carbons (Fsp3) is 0.550. The Morgan fingerprint density at radius 1 is 1.44 bits per heavy atom. The number of nitrogens with one attached hydrogen (secondary N) is 1. The molecule has 0 saturated carbocycles. The minimum atomic E-state index is -0.346. The smallest absolute Gasteiger partial charge is 0.255 e. The molecule has 1 aromatic heterocycles. The predicted molar refractivity (Wildman–Crippen MR) is 99.0 cm³/mol. The number of aromatic hydroxyl groups is 1. The normalized spacial score (nSPS) is 19.3. The summed E-state index contributed by atoms with van der Waals surface area (Å²) in [7, 11) is 0. The van der Waals surface area contributed by atoms with Crippen molar-refractivity contribution in [2.45, 2.75) is 46.1 Å². The summed E-state index contributed by atoms with van der Waals surface area (Å²) in [6.45, 7) is 11.2. The Kier molecular flexibility index (Phi) is 4.78. The van der Waals surface area contributed by atoms with E-state index in [1.807, 2.05) is 0 Å². The first-order chi connectivity index (χ1) is 11.7. The maximum absolute atomic E-state index is 12.9. The zero-order chi connectivity index (χ0) is 18.2. The van der Waals surface area contributed by atoms with E-state index < -0.39 is 0 Å². The van der Waals surface area contributed by atoms with E-state index in [0.29, 0.717) is 28.2 Å². The zero-order valence-corrected chi connectivity index (χ0v) is 15.6. The number of phenolic OH excluding ortho intramolecular Hbond substituents is 1. The van der Waals surface area contributed by atoms with Crippen LogP contribution in [0.1, 0.15) is 49.7 Å². The number of carbonyl (C=O) groups excluding carboxylic acids is 1. The highest BCUT2D eigenvalue weighted by molar-refractivity contribution is 6.07. The third-order valence-electron chi connectivity index (χ3n) is 4.89. The number of benzene rings is 1. The molecule has 0 aliphatic carbocycles. The van der Waals surface area contributed by atoms with Gasteiger partial charge in [0.15, 0.2) is 0 Å². The van der Waals surface area contributed by atoms with Gasteiger partial charge in [-0.25, -0.2) is 0 Å². The van der Waals surface area contributed by atoms with Crippen molar-refractivity contribution < 1.29 is 14.3 Å². The second kappa shape index (κ2) is 6.71. The van der Waals surface area contributed by atoms with E-state index in [2.05, 4.69) is 31.0 Å². The Bertz CT molecular complexity index is 779. The standard InChI is InChI=1S/C20H28N2O3/c1-13-6-5-9-22(11-13)12-20(3,4)21-19(24)18-14(2)25-17-8-7-15(23)10-16(17)18/h7-8,10,13,23H,5-6,9,11-12H2,1-4H3,(H,21,24)/t13-/m1/s1. The van der Waals surface area contributed by atoms with Gasteiger partial charge in [0.1, 0.15) is 17.1 Å². The summed E-state index contributed by atoms with van der Waals surface area (Å²) >= 11 is 0. The summed E-state index contributed by atoms with van der Waals surface area (Å²) in [4.78, 5) is 15.3. The largest absolute Gasteiger partial charge is 0.508 e. The van der Waals surface area contributed by atoms with Gasteiger partial charge in [-0.3, -0.25) is 4.79 Å². The molecule has 5 heteroatoms. The van der Waals surface area contributed by atoms with E-state index in [0.717, 1.165) is 19.6 Å². The second-order valence-electron chi connectivity index (χ2n) is 8.03. The average molecular weight is 344 g/mol. The van der Waals surface area contributed by atoms with Crippen LogP contribution < -0.4 is 5.32 Å². The molecule has 1 aliphatic rings. The zero-order valence-electron chi connectivity index (χ0n) is 15.6. The molecule has 1 saturated heterocycles. The monoisotopic (exact) mass is 344 g/mol. The first-order valence-electron chi connectivity index (χ1n) is 9.02. The van der Waals surface area contributed by atoms with E-state index in [4.69, 9.17) is 4.42 Å². The molecule has 1 fully saturated rings. The van der Waals surface area contributed by atoms with Gasteiger partial charge in [0, 0.05) is 24.0 Å². The molecule has 0 unspecified atom stereocenters. The van der Waals surface area contributed by atoms with Crippen LogP contribution in [0.2, 0.25) is 0 Å². The number of carbonyl (C=O) groups is 1. The second-order valence-corrected chi connectivity index (χ2v) is 8.03. The third-order valence-corrected chi connectivity index (χ3v) is 4.89. The lowest BCUT2D eigenvalue weighted by atomic mass is 9.97. The molecule has 1 aromatic carbocycles. The average Bonchev–Trinajstić information content (AvgIpc) is 2.81. The molecule has 1 atom stereocenters. The lowest BCUT2D eigenvalue weighted by Crippen LogP contribution is -2.53. The van der Waals surface area contributed by atoms with Crippen molar-refractivity contribution in [1.82, 2.24) is 10.2 Å². The van der Waals surface area contributed by atoms with Crippen LogP contribution in [0.4, 0.5) is 0 Å². The number of fused-ring (bicyclic) bond motifs is 1. The van der Waals surface area contributed by atoms with E-state index in [-0.39, 0.29) is 17.2 Å². The molecule has 1 aliphatic heterocycles. The lowest BCUT2D eigenvalue weighted by molar-refractivity contribution is 0.0863. The van der Waals surface area contributed by atoms with E-state index >= 15 is 0 Å². The Balaban J connectivity index is 1.77. The first-order valence-corrected chi connectivity index (χ1v) is 9.02. The van der Waals surface area contributed by atoms with Gasteiger partial charge in [-0.1, -0.05) is 6.92 Å². The van der Waals surface area contributed by atoms with Crippen LogP contribution in [0.25, 0.3) is 11.0 Å². The molecule has 136 valence electrons. The maximum Gasteiger partial charge on any atom is 0.255 e. The molecule has 1 amide bonds. The molecule has 0 spiro atoms. The van der Waals surface area contributed by atoms with Crippen molar-refractivity contribution in [3.8, 4) is 5.75 Å². The van der Waals surface area contributed by atoms with Gasteiger partial charge in [0.2, 0.25) is 0 Å². The molecule has 25 heavy (non-hydrogen) atoms. The Labute approximate surface area is 149 Å². The van der Waals surface area contributed by atoms with Crippen LogP contribution >= 0.6 is 0 Å². The summed E-state index contributed by atoms with van der Waals surface area (Å²) in [5.74, 6) is 1.25. The first kappa shape index (κ1) is 17.8. The van der Waals surface area contributed by atoms with Gasteiger partial charge in [-0.15, -0.1) is 0 Å². The molecular weight excluding hydrogens is 316 g/mol. The minimum Gasteiger partial charge on any atom is -0.508 e. The Morgan fingerprint density at radius 2 is 2.20 bits per heavy atom. The number of aryl methyl sites for hydroxylation is 1. The van der Waals surface area contributed by atoms with Crippen LogP contribution in [0.15, 0.2) is 22.6 Å². The van der Waals surface area contributed by atoms with E-state index in [1.54, 1.807) is 25.1 Å². The maximum atomic E-state index is 12.9. The van der Waals surface area contributed by atoms with Crippen molar-refractivity contribution >= 4 is 16.9 Å². The number of amides is 1. The molecule has 3 rings (SSSR count). The fourth-order valence-electron chi connectivity index (χ4n) is 3.89. The molecule has 2 N–H and O–H groups in total. The molecule has 0 radical (unpaired) electrons. The number of likely N-dealkylation sites (tertiary alicyclic amines) is 1. The number of phenols is 1. The lowest BCUT2D eigenvalue weighted by Gasteiger charge is -2.37. The van der Waals surface area contributed by atoms with Gasteiger partial charge >= 0.3 is 0 Å². The summed E-state index contributed by atoms with van der Waals surface area (Å²) < 4.78 is 5.67. The topological polar surface area (TPSA) is 65.7 Å². The van der Waals surface area contributed by atoms with Crippen LogP contribution in [0.5, 0.6) is 5.75 Å². The van der Waals surface area contributed by atoms with Crippen LogP contribution in [-0.2, 0) is 0 Å². The van der Waals surface area contributed by atoms with Gasteiger partial charge < -0.3 is 19.7 Å². The molecule has 2 heterocycles. The minimum absolute atomic E-state index is 0.129. The van der Waals surface area contributed by atoms with Gasteiger partial charge in [0.05, 0.1) is 5.56 Å². The summed E-state index contributed by atoms with van der Waals surface area (Å²) in [5, 5.41) is 13.5. The molecule has 5 nitrogen and oxygen atoms in total. The highest BCUT2D eigenvalue weighted by atomic mass is 16.3. The number of hydrogen-bond donors (Lipinski definition) is 2. The highest BCUT2D eigenvalue weighted by Gasteiger charge is 2.28. The molecular formula is C20H28N2O3. The van der Waals surface area contributed by atoms with Gasteiger partial charge in [-0.05, 0) is 64.3 Å². The number of piperidine rings is 1. The number of hydrogen-bond acceptors (Lipinski definition) is 4. The van der Waals surface area contributed by atoms with Crippen LogP contribution in [-0.4, -0.2) is 41.1 Å². The SMILES string of the molecule is Cc1oc2ccc(O)cc2c1C(=O)NC(C)(C)CN1CCC[C@@H](C)C1. The summed E-state index contributed by atoms with van der Waals surface area (Å²) in [5.41, 5.74) is 0.773. The van der Waals surface area contributed by atoms with Gasteiger partial charge in [0.25, 0.3) is 5.91 Å². The van der Waals surface area contributed by atoms with Crippen molar-refractivity contribution in [1.29, 1.82) is 0 Å². The van der Waals surface area contributed by atoms with Crippen molar-refractivity contribution in [2.24, 2.45) is 5.92 Å². The van der Waals surface area contributed by atoms with Crippen LogP contribution in [0, 0.1) is 12.8 Å². The predicted octanol–water partition coefficient (Wildman–Crippen LogP) is 3.69. The number of furan rings is 1. The summed E-state index contributed by atoms with van der Waals surface area (Å²) in [6.07, 6.45) is 2.50. The number of rotatable bonds is 4. The van der Waals surface area contributed by atoms with E-state index in [9.17, 15) is 9.90 Å². The van der Waals surface area contributed by atoms with Crippen molar-refractivity contribution in [3.63, 3.8) is 0 Å². The Morgan fingerprint density at radius 3 is 2.92 bits per heavy atom. The summed E-state index contributed by atoms with van der Waals surface area (Å²) in [6, 6.07) is 4.84. The quantitative estimate of drug-likeness (QED) is 0.888. The third kappa shape index (κ3) is 3.98. The van der Waals surface area contributed by atoms with Crippen molar-refractivity contribution in [3.05, 3.63) is 29.5 Å². The van der Waals surface area contributed by atoms with E-state index in [1.165, 1.54) is 12.8 Å². The Hall–Kier alpha value is -2.01. The van der Waals surface area contributed by atoms with Crippen molar-refractivity contribution in [2.75, 3.05) is 19.6 Å². The fourth-order valence-corrected chi connectivity index (χ4v) is 3.89. The highest BCUT2D eigenvalue weighted by Crippen LogP contribution is 2.29. The molecule has 2 aromatic rings. The number of nitrogens with zero attached hydrogens (tertiary/aromatic N) is 1. The molecule has 0 bridgehead atoms.